The number of carbonyl (C=O) groups is 1. The molecule has 94 valence electrons. The summed E-state index contributed by atoms with van der Waals surface area (Å²) in [6, 6.07) is 3.03. The molecule has 0 radical (unpaired) electrons. The Balaban J connectivity index is 3.13. The number of carboxylic acid groups (broad SMARTS) is 1. The highest BCUT2D eigenvalue weighted by atomic mass is 19.3. The highest BCUT2D eigenvalue weighted by molar-refractivity contribution is 5.67. The summed E-state index contributed by atoms with van der Waals surface area (Å²) in [5, 5.41) is 8.60. The summed E-state index contributed by atoms with van der Waals surface area (Å²) in [5.74, 6) is -0.876. The van der Waals surface area contributed by atoms with Gasteiger partial charge in [-0.3, -0.25) is 4.79 Å². The van der Waals surface area contributed by atoms with Gasteiger partial charge in [0.05, 0.1) is 12.7 Å². The monoisotopic (exact) mass is 244 g/mol. The van der Waals surface area contributed by atoms with Gasteiger partial charge in [-0.05, 0) is 25.0 Å². The van der Waals surface area contributed by atoms with Crippen molar-refractivity contribution in [3.63, 3.8) is 0 Å². The molecule has 0 heterocycles. The van der Waals surface area contributed by atoms with Gasteiger partial charge < -0.3 is 9.84 Å². The first-order valence-corrected chi connectivity index (χ1v) is 5.13. The summed E-state index contributed by atoms with van der Waals surface area (Å²) in [5.41, 5.74) is 0.986. The molecule has 0 amide bonds. The second-order valence-electron chi connectivity index (χ2n) is 3.74. The molecule has 1 N–H and O–H groups in total. The normalized spacial score (nSPS) is 10.6. The van der Waals surface area contributed by atoms with Gasteiger partial charge in [0.25, 0.3) is 6.43 Å². The van der Waals surface area contributed by atoms with Crippen LogP contribution >= 0.6 is 0 Å². The largest absolute Gasteiger partial charge is 0.496 e. The molecular formula is C12H14F2O3. The molecule has 0 aromatic heterocycles. The molecule has 1 aromatic rings. The summed E-state index contributed by atoms with van der Waals surface area (Å²) in [7, 11) is 1.31. The Hall–Kier alpha value is -1.65. The summed E-state index contributed by atoms with van der Waals surface area (Å²) in [4.78, 5) is 10.5. The van der Waals surface area contributed by atoms with Crippen LogP contribution in [0.2, 0.25) is 0 Å². The molecule has 0 aliphatic heterocycles. The van der Waals surface area contributed by atoms with E-state index >= 15 is 0 Å². The van der Waals surface area contributed by atoms with Crippen LogP contribution in [0.25, 0.3) is 0 Å². The number of aliphatic carboxylic acids is 1. The van der Waals surface area contributed by atoms with E-state index in [1.807, 2.05) is 0 Å². The standard InChI is InChI=1S/C12H14F2O3/c1-7-5-8(3-4-10(15)16)11(17-2)9(6-7)12(13)14/h5-6,12H,3-4H2,1-2H3,(H,15,16). The van der Waals surface area contributed by atoms with E-state index in [1.54, 1.807) is 13.0 Å². The Morgan fingerprint density at radius 1 is 1.47 bits per heavy atom. The van der Waals surface area contributed by atoms with Crippen molar-refractivity contribution in [2.75, 3.05) is 7.11 Å². The highest BCUT2D eigenvalue weighted by Crippen LogP contribution is 2.33. The molecule has 0 atom stereocenters. The van der Waals surface area contributed by atoms with Gasteiger partial charge in [0.15, 0.2) is 0 Å². The number of carboxylic acids is 1. The molecule has 0 fully saturated rings. The number of benzene rings is 1. The molecule has 0 unspecified atom stereocenters. The molecule has 0 spiro atoms. The molecule has 0 aliphatic rings. The van der Waals surface area contributed by atoms with Gasteiger partial charge in [0.2, 0.25) is 0 Å². The molecule has 0 saturated heterocycles. The lowest BCUT2D eigenvalue weighted by Crippen LogP contribution is -2.03. The van der Waals surface area contributed by atoms with Crippen molar-refractivity contribution in [2.24, 2.45) is 0 Å². The Morgan fingerprint density at radius 2 is 2.12 bits per heavy atom. The predicted molar refractivity (Wildman–Crippen MR) is 58.6 cm³/mol. The maximum Gasteiger partial charge on any atom is 0.303 e. The Kier molecular flexibility index (Phi) is 4.43. The van der Waals surface area contributed by atoms with Crippen LogP contribution in [0.15, 0.2) is 12.1 Å². The third kappa shape index (κ3) is 3.41. The Morgan fingerprint density at radius 3 is 2.59 bits per heavy atom. The lowest BCUT2D eigenvalue weighted by atomic mass is 10.0. The minimum absolute atomic E-state index is 0.0897. The number of ether oxygens (including phenoxy) is 1. The molecule has 17 heavy (non-hydrogen) atoms. The summed E-state index contributed by atoms with van der Waals surface area (Å²) in [6.45, 7) is 1.69. The van der Waals surface area contributed by atoms with Crippen LogP contribution in [0.3, 0.4) is 0 Å². The van der Waals surface area contributed by atoms with Gasteiger partial charge in [0, 0.05) is 6.42 Å². The molecule has 3 nitrogen and oxygen atoms in total. The molecule has 0 aliphatic carbocycles. The fourth-order valence-electron chi connectivity index (χ4n) is 1.72. The van der Waals surface area contributed by atoms with Crippen LogP contribution in [0.5, 0.6) is 5.75 Å². The zero-order valence-corrected chi connectivity index (χ0v) is 9.67. The van der Waals surface area contributed by atoms with Crippen LogP contribution < -0.4 is 4.74 Å². The maximum atomic E-state index is 12.8. The summed E-state index contributed by atoms with van der Waals surface area (Å²) < 4.78 is 30.5. The molecule has 5 heteroatoms. The molecular weight excluding hydrogens is 230 g/mol. The van der Waals surface area contributed by atoms with Crippen molar-refractivity contribution in [2.45, 2.75) is 26.2 Å². The number of alkyl halides is 2. The van der Waals surface area contributed by atoms with E-state index in [-0.39, 0.29) is 24.2 Å². The van der Waals surface area contributed by atoms with E-state index in [0.29, 0.717) is 11.1 Å². The Bertz CT molecular complexity index is 416. The molecule has 0 bridgehead atoms. The van der Waals surface area contributed by atoms with E-state index < -0.39 is 12.4 Å². The van der Waals surface area contributed by atoms with Crippen LogP contribution in [0.4, 0.5) is 8.78 Å². The number of hydrogen-bond acceptors (Lipinski definition) is 2. The van der Waals surface area contributed by atoms with Crippen molar-refractivity contribution in [3.8, 4) is 5.75 Å². The quantitative estimate of drug-likeness (QED) is 0.866. The smallest absolute Gasteiger partial charge is 0.303 e. The van der Waals surface area contributed by atoms with E-state index in [0.717, 1.165) is 0 Å². The third-order valence-corrected chi connectivity index (χ3v) is 2.39. The van der Waals surface area contributed by atoms with Crippen LogP contribution in [0, 0.1) is 6.92 Å². The molecule has 1 aromatic carbocycles. The minimum Gasteiger partial charge on any atom is -0.496 e. The third-order valence-electron chi connectivity index (χ3n) is 2.39. The average Bonchev–Trinajstić information content (AvgIpc) is 2.25. The van der Waals surface area contributed by atoms with Gasteiger partial charge in [-0.2, -0.15) is 0 Å². The maximum absolute atomic E-state index is 12.8. The van der Waals surface area contributed by atoms with Gasteiger partial charge in [-0.1, -0.05) is 11.6 Å². The summed E-state index contributed by atoms with van der Waals surface area (Å²) >= 11 is 0. The number of halogens is 2. The predicted octanol–water partition coefficient (Wildman–Crippen LogP) is 2.96. The number of hydrogen-bond donors (Lipinski definition) is 1. The first kappa shape index (κ1) is 13.4. The first-order valence-electron chi connectivity index (χ1n) is 5.13. The van der Waals surface area contributed by atoms with Crippen molar-refractivity contribution in [1.29, 1.82) is 0 Å². The van der Waals surface area contributed by atoms with Crippen LogP contribution in [-0.4, -0.2) is 18.2 Å². The topological polar surface area (TPSA) is 46.5 Å². The van der Waals surface area contributed by atoms with E-state index in [9.17, 15) is 13.6 Å². The highest BCUT2D eigenvalue weighted by Gasteiger charge is 2.18. The SMILES string of the molecule is COc1c(CCC(=O)O)cc(C)cc1C(F)F. The lowest BCUT2D eigenvalue weighted by molar-refractivity contribution is -0.136. The summed E-state index contributed by atoms with van der Waals surface area (Å²) in [6.07, 6.45) is -2.56. The number of methoxy groups -OCH3 is 1. The van der Waals surface area contributed by atoms with Gasteiger partial charge in [-0.25, -0.2) is 8.78 Å². The Labute approximate surface area is 98.0 Å². The van der Waals surface area contributed by atoms with Crippen LogP contribution in [-0.2, 0) is 11.2 Å². The minimum atomic E-state index is -2.63. The van der Waals surface area contributed by atoms with Crippen molar-refractivity contribution in [3.05, 3.63) is 28.8 Å². The van der Waals surface area contributed by atoms with E-state index in [4.69, 9.17) is 9.84 Å². The first-order chi connectivity index (χ1) is 7.95. The van der Waals surface area contributed by atoms with Crippen molar-refractivity contribution in [1.82, 2.24) is 0 Å². The number of rotatable bonds is 5. The molecule has 0 saturated carbocycles. The van der Waals surface area contributed by atoms with Crippen molar-refractivity contribution < 1.29 is 23.4 Å². The zero-order valence-electron chi connectivity index (χ0n) is 9.67. The average molecular weight is 244 g/mol. The zero-order chi connectivity index (χ0) is 13.0. The van der Waals surface area contributed by atoms with Crippen molar-refractivity contribution >= 4 is 5.97 Å². The second kappa shape index (κ2) is 5.61. The van der Waals surface area contributed by atoms with Gasteiger partial charge >= 0.3 is 5.97 Å². The van der Waals surface area contributed by atoms with E-state index in [1.165, 1.54) is 13.2 Å². The van der Waals surface area contributed by atoms with Crippen LogP contribution in [0.1, 0.15) is 29.5 Å². The fourth-order valence-corrected chi connectivity index (χ4v) is 1.72. The van der Waals surface area contributed by atoms with Gasteiger partial charge in [0.1, 0.15) is 5.75 Å². The molecule has 1 rings (SSSR count). The fraction of sp³-hybridized carbons (Fsp3) is 0.417. The number of aryl methyl sites for hydroxylation is 2. The second-order valence-corrected chi connectivity index (χ2v) is 3.74. The van der Waals surface area contributed by atoms with E-state index in [2.05, 4.69) is 0 Å². The van der Waals surface area contributed by atoms with Gasteiger partial charge in [-0.15, -0.1) is 0 Å². The lowest BCUT2D eigenvalue weighted by Gasteiger charge is -2.14.